The number of aliphatic hydroxyl groups is 1. The summed E-state index contributed by atoms with van der Waals surface area (Å²) in [5.74, 6) is 0.224. The van der Waals surface area contributed by atoms with E-state index in [0.717, 1.165) is 5.56 Å². The van der Waals surface area contributed by atoms with E-state index in [1.165, 1.54) is 16.7 Å². The number of thioether (sulfide) groups is 1. The maximum atomic E-state index is 12.7. The van der Waals surface area contributed by atoms with E-state index in [0.29, 0.717) is 18.1 Å². The molecule has 4 N–H and O–H groups in total. The number of carbonyl (C=O) groups is 2. The van der Waals surface area contributed by atoms with Gasteiger partial charge in [-0.2, -0.15) is 0 Å². The average molecular weight is 365 g/mol. The maximum absolute atomic E-state index is 12.7. The van der Waals surface area contributed by atoms with Crippen molar-refractivity contribution in [1.82, 2.24) is 10.2 Å². The maximum Gasteiger partial charge on any atom is 0.254 e. The smallest absolute Gasteiger partial charge is 0.254 e. The van der Waals surface area contributed by atoms with Gasteiger partial charge in [-0.15, -0.1) is 11.8 Å². The molecular weight excluding hydrogens is 338 g/mol. The van der Waals surface area contributed by atoms with E-state index in [9.17, 15) is 14.7 Å². The molecule has 7 heteroatoms. The second-order valence-electron chi connectivity index (χ2n) is 7.36. The highest BCUT2D eigenvalue weighted by Gasteiger charge is 2.39. The lowest BCUT2D eigenvalue weighted by Crippen LogP contribution is -2.56. The first-order valence-electron chi connectivity index (χ1n) is 8.37. The van der Waals surface area contributed by atoms with E-state index in [1.807, 2.05) is 51.1 Å². The molecule has 0 unspecified atom stereocenters. The third-order valence-electron chi connectivity index (χ3n) is 3.94. The predicted octanol–water partition coefficient (Wildman–Crippen LogP) is 0.734. The van der Waals surface area contributed by atoms with Crippen LogP contribution in [0.25, 0.3) is 0 Å². The van der Waals surface area contributed by atoms with Crippen LogP contribution < -0.4 is 11.1 Å². The number of nitrogens with one attached hydrogen (secondary N) is 1. The monoisotopic (exact) mass is 365 g/mol. The SMILES string of the molecule is CC(C)(C)NC(=O)[C@H]1CSCN1C(=O)[C@@H](O)[C@@H](N)Cc1ccccc1. The van der Waals surface area contributed by atoms with Crippen LogP contribution in [0, 0.1) is 0 Å². The van der Waals surface area contributed by atoms with Gasteiger partial charge in [-0.3, -0.25) is 9.59 Å². The summed E-state index contributed by atoms with van der Waals surface area (Å²) in [6.45, 7) is 5.68. The zero-order valence-corrected chi connectivity index (χ0v) is 15.8. The third-order valence-corrected chi connectivity index (χ3v) is 4.95. The van der Waals surface area contributed by atoms with Crippen molar-refractivity contribution in [2.45, 2.75) is 50.9 Å². The molecule has 0 saturated carbocycles. The van der Waals surface area contributed by atoms with Crippen LogP contribution in [0.2, 0.25) is 0 Å². The quantitative estimate of drug-likeness (QED) is 0.715. The lowest BCUT2D eigenvalue weighted by Gasteiger charge is -2.30. The molecule has 1 aromatic rings. The van der Waals surface area contributed by atoms with Gasteiger partial charge < -0.3 is 21.1 Å². The molecule has 2 amide bonds. The summed E-state index contributed by atoms with van der Waals surface area (Å²) in [4.78, 5) is 26.5. The van der Waals surface area contributed by atoms with Gasteiger partial charge in [0.25, 0.3) is 5.91 Å². The predicted molar refractivity (Wildman–Crippen MR) is 100.0 cm³/mol. The van der Waals surface area contributed by atoms with E-state index in [2.05, 4.69) is 5.32 Å². The zero-order chi connectivity index (χ0) is 18.6. The Labute approximate surface area is 153 Å². The minimum absolute atomic E-state index is 0.199. The Bertz CT molecular complexity index is 603. The van der Waals surface area contributed by atoms with E-state index in [-0.39, 0.29) is 11.4 Å². The van der Waals surface area contributed by atoms with Gasteiger partial charge in [-0.05, 0) is 32.8 Å². The highest BCUT2D eigenvalue weighted by molar-refractivity contribution is 7.99. The van der Waals surface area contributed by atoms with Gasteiger partial charge in [-0.1, -0.05) is 30.3 Å². The standard InChI is InChI=1S/C18H27N3O3S/c1-18(2,3)20-16(23)14-10-25-11-21(14)17(24)15(22)13(19)9-12-7-5-4-6-8-12/h4-8,13-15,22H,9-11,19H2,1-3H3,(H,20,23)/t13-,14+,15-/m0/s1. The van der Waals surface area contributed by atoms with Crippen molar-refractivity contribution in [2.24, 2.45) is 5.73 Å². The number of nitrogens with zero attached hydrogens (tertiary/aromatic N) is 1. The number of aliphatic hydroxyl groups excluding tert-OH is 1. The summed E-state index contributed by atoms with van der Waals surface area (Å²) in [6.07, 6.45) is -0.933. The van der Waals surface area contributed by atoms with Gasteiger partial charge in [0.05, 0.1) is 5.88 Å². The first-order valence-corrected chi connectivity index (χ1v) is 9.52. The summed E-state index contributed by atoms with van der Waals surface area (Å²) in [7, 11) is 0. The summed E-state index contributed by atoms with van der Waals surface area (Å²) >= 11 is 1.50. The summed E-state index contributed by atoms with van der Waals surface area (Å²) < 4.78 is 0. The summed E-state index contributed by atoms with van der Waals surface area (Å²) in [5.41, 5.74) is 6.62. The largest absolute Gasteiger partial charge is 0.382 e. The van der Waals surface area contributed by atoms with Crippen LogP contribution in [0.1, 0.15) is 26.3 Å². The van der Waals surface area contributed by atoms with Crippen LogP contribution in [-0.2, 0) is 16.0 Å². The van der Waals surface area contributed by atoms with Crippen molar-refractivity contribution in [3.63, 3.8) is 0 Å². The van der Waals surface area contributed by atoms with E-state index >= 15 is 0 Å². The van der Waals surface area contributed by atoms with E-state index < -0.39 is 24.1 Å². The third kappa shape index (κ3) is 5.45. The van der Waals surface area contributed by atoms with Crippen LogP contribution in [0.3, 0.4) is 0 Å². The van der Waals surface area contributed by atoms with Gasteiger partial charge >= 0.3 is 0 Å². The number of nitrogens with two attached hydrogens (primary N) is 1. The van der Waals surface area contributed by atoms with Gasteiger partial charge in [0.15, 0.2) is 0 Å². The Morgan fingerprint density at radius 1 is 1.36 bits per heavy atom. The molecule has 0 aliphatic carbocycles. The number of carbonyl (C=O) groups excluding carboxylic acids is 2. The second-order valence-corrected chi connectivity index (χ2v) is 8.36. The molecule has 1 aromatic carbocycles. The molecule has 1 heterocycles. The van der Waals surface area contributed by atoms with Crippen LogP contribution in [0.5, 0.6) is 0 Å². The van der Waals surface area contributed by atoms with Crippen molar-refractivity contribution < 1.29 is 14.7 Å². The normalized spacial score (nSPS) is 20.2. The van der Waals surface area contributed by atoms with Crippen molar-refractivity contribution in [3.05, 3.63) is 35.9 Å². The molecule has 1 aliphatic rings. The van der Waals surface area contributed by atoms with Crippen molar-refractivity contribution in [2.75, 3.05) is 11.6 Å². The molecule has 138 valence electrons. The Kier molecular flexibility index (Phi) is 6.48. The molecular formula is C18H27N3O3S. The molecule has 0 bridgehead atoms. The Balaban J connectivity index is 2.01. The fourth-order valence-corrected chi connectivity index (χ4v) is 3.84. The molecule has 6 nitrogen and oxygen atoms in total. The van der Waals surface area contributed by atoms with Crippen LogP contribution in [0.4, 0.5) is 0 Å². The lowest BCUT2D eigenvalue weighted by molar-refractivity contribution is -0.146. The van der Waals surface area contributed by atoms with E-state index in [4.69, 9.17) is 5.73 Å². The van der Waals surface area contributed by atoms with Crippen molar-refractivity contribution >= 4 is 23.6 Å². The molecule has 0 aromatic heterocycles. The van der Waals surface area contributed by atoms with Crippen LogP contribution in [0.15, 0.2) is 30.3 Å². The van der Waals surface area contributed by atoms with Gasteiger partial charge in [-0.25, -0.2) is 0 Å². The van der Waals surface area contributed by atoms with Gasteiger partial charge in [0.2, 0.25) is 5.91 Å². The fourth-order valence-electron chi connectivity index (χ4n) is 2.68. The highest BCUT2D eigenvalue weighted by Crippen LogP contribution is 2.23. The van der Waals surface area contributed by atoms with Crippen molar-refractivity contribution in [1.29, 1.82) is 0 Å². The lowest BCUT2D eigenvalue weighted by atomic mass is 10.0. The average Bonchev–Trinajstić information content (AvgIpc) is 3.02. The minimum Gasteiger partial charge on any atom is -0.382 e. The Hall–Kier alpha value is -1.57. The van der Waals surface area contributed by atoms with Crippen molar-refractivity contribution in [3.8, 4) is 0 Å². The fraction of sp³-hybridized carbons (Fsp3) is 0.556. The molecule has 1 fully saturated rings. The molecule has 25 heavy (non-hydrogen) atoms. The van der Waals surface area contributed by atoms with Crippen LogP contribution in [-0.4, -0.2) is 57.2 Å². The molecule has 0 spiro atoms. The molecule has 2 rings (SSSR count). The Morgan fingerprint density at radius 3 is 2.60 bits per heavy atom. The van der Waals surface area contributed by atoms with E-state index in [1.54, 1.807) is 0 Å². The zero-order valence-electron chi connectivity index (χ0n) is 14.9. The second kappa shape index (κ2) is 8.21. The Morgan fingerprint density at radius 2 is 2.00 bits per heavy atom. The number of hydrogen-bond acceptors (Lipinski definition) is 5. The first kappa shape index (κ1) is 19.8. The van der Waals surface area contributed by atoms with Gasteiger partial charge in [0, 0.05) is 17.3 Å². The van der Waals surface area contributed by atoms with Crippen LogP contribution >= 0.6 is 11.8 Å². The summed E-state index contributed by atoms with van der Waals surface area (Å²) in [5, 5.41) is 13.3. The number of amides is 2. The first-order chi connectivity index (χ1) is 11.7. The topological polar surface area (TPSA) is 95.7 Å². The minimum atomic E-state index is -1.33. The molecule has 3 atom stereocenters. The summed E-state index contributed by atoms with van der Waals surface area (Å²) in [6, 6.07) is 8.20. The molecule has 1 aliphatic heterocycles. The highest BCUT2D eigenvalue weighted by atomic mass is 32.2. The number of hydrogen-bond donors (Lipinski definition) is 3. The van der Waals surface area contributed by atoms with Gasteiger partial charge in [0.1, 0.15) is 12.1 Å². The molecule has 1 saturated heterocycles. The molecule has 0 radical (unpaired) electrons. The number of rotatable bonds is 5. The number of benzene rings is 1.